The van der Waals surface area contributed by atoms with Gasteiger partial charge in [-0.3, -0.25) is 15.1 Å². The van der Waals surface area contributed by atoms with Gasteiger partial charge in [-0.2, -0.15) is 0 Å². The van der Waals surface area contributed by atoms with Crippen molar-refractivity contribution in [2.75, 3.05) is 33.7 Å². The van der Waals surface area contributed by atoms with E-state index < -0.39 is 0 Å². The molecule has 0 aliphatic rings. The molecule has 5 heteroatoms. The molecule has 3 N–H and O–H groups in total. The number of hydrogen-bond acceptors (Lipinski definition) is 4. The molecule has 1 amide bonds. The predicted molar refractivity (Wildman–Crippen MR) is 90.1 cm³/mol. The lowest BCUT2D eigenvalue weighted by molar-refractivity contribution is -0.122. The summed E-state index contributed by atoms with van der Waals surface area (Å²) in [5.74, 6) is 4.93. The van der Waals surface area contributed by atoms with E-state index in [1.54, 1.807) is 0 Å². The Bertz CT molecular complexity index is 624. The minimum absolute atomic E-state index is 0.167. The van der Waals surface area contributed by atoms with E-state index in [2.05, 4.69) is 59.8 Å². The smallest absolute Gasteiger partial charge is 0.248 e. The highest BCUT2D eigenvalue weighted by Crippen LogP contribution is 2.19. The zero-order valence-electron chi connectivity index (χ0n) is 13.2. The standard InChI is InChI=1S/C17H24N4O/c1-20(10-11-21(2)13-17(22)19-18)12-15-8-5-7-14-6-3-4-9-16(14)15/h3-9H,10-13,18H2,1-2H3,(H,19,22). The molecule has 2 rings (SSSR count). The summed E-state index contributed by atoms with van der Waals surface area (Å²) in [6, 6.07) is 14.8. The number of nitrogens with zero attached hydrogens (tertiary/aromatic N) is 2. The van der Waals surface area contributed by atoms with E-state index in [-0.39, 0.29) is 5.91 Å². The summed E-state index contributed by atoms with van der Waals surface area (Å²) in [5.41, 5.74) is 3.47. The summed E-state index contributed by atoms with van der Waals surface area (Å²) in [6.45, 7) is 2.91. The van der Waals surface area contributed by atoms with Crippen molar-refractivity contribution >= 4 is 16.7 Å². The van der Waals surface area contributed by atoms with Gasteiger partial charge in [-0.15, -0.1) is 0 Å². The summed E-state index contributed by atoms with van der Waals surface area (Å²) in [4.78, 5) is 15.4. The van der Waals surface area contributed by atoms with Gasteiger partial charge in [0.25, 0.3) is 0 Å². The lowest BCUT2D eigenvalue weighted by Crippen LogP contribution is -2.41. The van der Waals surface area contributed by atoms with Crippen LogP contribution < -0.4 is 11.3 Å². The SMILES string of the molecule is CN(CCN(C)Cc1cccc2ccccc12)CC(=O)NN. The molecule has 0 bridgehead atoms. The Balaban J connectivity index is 1.91. The number of nitrogens with two attached hydrogens (primary N) is 1. The third-order valence-corrected chi connectivity index (χ3v) is 3.76. The molecule has 0 saturated heterocycles. The largest absolute Gasteiger partial charge is 0.301 e. The number of likely N-dealkylation sites (N-methyl/N-ethyl adjacent to an activating group) is 2. The first-order chi connectivity index (χ1) is 10.6. The minimum atomic E-state index is -0.167. The Morgan fingerprint density at radius 3 is 2.50 bits per heavy atom. The molecule has 0 radical (unpaired) electrons. The average Bonchev–Trinajstić information content (AvgIpc) is 2.53. The van der Waals surface area contributed by atoms with Gasteiger partial charge in [0.05, 0.1) is 6.54 Å². The second-order valence-electron chi connectivity index (χ2n) is 5.68. The van der Waals surface area contributed by atoms with Crippen molar-refractivity contribution in [1.82, 2.24) is 15.2 Å². The second-order valence-corrected chi connectivity index (χ2v) is 5.68. The fraction of sp³-hybridized carbons (Fsp3) is 0.353. The Hall–Kier alpha value is -1.95. The van der Waals surface area contributed by atoms with E-state index in [9.17, 15) is 4.79 Å². The van der Waals surface area contributed by atoms with Gasteiger partial charge in [0.15, 0.2) is 0 Å². The average molecular weight is 300 g/mol. The summed E-state index contributed by atoms with van der Waals surface area (Å²) < 4.78 is 0. The maximum atomic E-state index is 11.2. The van der Waals surface area contributed by atoms with E-state index >= 15 is 0 Å². The van der Waals surface area contributed by atoms with Gasteiger partial charge < -0.3 is 4.90 Å². The van der Waals surface area contributed by atoms with Gasteiger partial charge in [0.2, 0.25) is 5.91 Å². The van der Waals surface area contributed by atoms with Crippen molar-refractivity contribution in [3.05, 3.63) is 48.0 Å². The molecule has 0 unspecified atom stereocenters. The number of amides is 1. The topological polar surface area (TPSA) is 61.6 Å². The molecule has 0 aliphatic carbocycles. The third kappa shape index (κ3) is 4.53. The number of hydrogen-bond donors (Lipinski definition) is 2. The van der Waals surface area contributed by atoms with E-state index in [1.807, 2.05) is 11.9 Å². The monoisotopic (exact) mass is 300 g/mol. The number of hydrazine groups is 1. The Labute approximate surface area is 131 Å². The number of carbonyl (C=O) groups excluding carboxylic acids is 1. The second kappa shape index (κ2) is 7.89. The normalized spacial score (nSPS) is 11.3. The van der Waals surface area contributed by atoms with Crippen LogP contribution in [-0.4, -0.2) is 49.4 Å². The van der Waals surface area contributed by atoms with Crippen LogP contribution in [0.3, 0.4) is 0 Å². The molecule has 0 atom stereocenters. The van der Waals surface area contributed by atoms with Crippen molar-refractivity contribution in [3.63, 3.8) is 0 Å². The molecule has 2 aromatic carbocycles. The molecule has 22 heavy (non-hydrogen) atoms. The zero-order chi connectivity index (χ0) is 15.9. The summed E-state index contributed by atoms with van der Waals surface area (Å²) in [5, 5.41) is 2.57. The number of fused-ring (bicyclic) bond motifs is 1. The van der Waals surface area contributed by atoms with Crippen LogP contribution in [0.4, 0.5) is 0 Å². The zero-order valence-corrected chi connectivity index (χ0v) is 13.2. The molecule has 0 heterocycles. The van der Waals surface area contributed by atoms with Gasteiger partial charge >= 0.3 is 0 Å². The Kier molecular flexibility index (Phi) is 5.89. The lowest BCUT2D eigenvalue weighted by Gasteiger charge is -2.22. The molecule has 0 aromatic heterocycles. The van der Waals surface area contributed by atoms with Crippen molar-refractivity contribution in [2.45, 2.75) is 6.54 Å². The van der Waals surface area contributed by atoms with Crippen LogP contribution >= 0.6 is 0 Å². The molecular weight excluding hydrogens is 276 g/mol. The maximum Gasteiger partial charge on any atom is 0.248 e. The van der Waals surface area contributed by atoms with Gasteiger partial charge in [-0.05, 0) is 30.4 Å². The molecular formula is C17H24N4O. The van der Waals surface area contributed by atoms with E-state index in [1.165, 1.54) is 16.3 Å². The fourth-order valence-corrected chi connectivity index (χ4v) is 2.51. The highest BCUT2D eigenvalue weighted by atomic mass is 16.2. The molecule has 5 nitrogen and oxygen atoms in total. The van der Waals surface area contributed by atoms with Crippen LogP contribution in [-0.2, 0) is 11.3 Å². The predicted octanol–water partition coefficient (Wildman–Crippen LogP) is 1.19. The van der Waals surface area contributed by atoms with E-state index in [0.717, 1.165) is 19.6 Å². The molecule has 0 aliphatic heterocycles. The van der Waals surface area contributed by atoms with Crippen molar-refractivity contribution in [3.8, 4) is 0 Å². The van der Waals surface area contributed by atoms with Gasteiger partial charge in [-0.25, -0.2) is 5.84 Å². The number of benzene rings is 2. The summed E-state index contributed by atoms with van der Waals surface area (Å²) in [7, 11) is 4.01. The first kappa shape index (κ1) is 16.4. The number of carbonyl (C=O) groups is 1. The highest BCUT2D eigenvalue weighted by Gasteiger charge is 2.08. The lowest BCUT2D eigenvalue weighted by atomic mass is 10.0. The van der Waals surface area contributed by atoms with Crippen LogP contribution in [0.1, 0.15) is 5.56 Å². The quantitative estimate of drug-likeness (QED) is 0.458. The number of nitrogens with one attached hydrogen (secondary N) is 1. The number of rotatable bonds is 7. The summed E-state index contributed by atoms with van der Waals surface area (Å²) >= 11 is 0. The molecule has 0 spiro atoms. The van der Waals surface area contributed by atoms with Crippen LogP contribution in [0.5, 0.6) is 0 Å². The van der Waals surface area contributed by atoms with E-state index in [0.29, 0.717) is 6.54 Å². The third-order valence-electron chi connectivity index (χ3n) is 3.76. The highest BCUT2D eigenvalue weighted by molar-refractivity contribution is 5.85. The van der Waals surface area contributed by atoms with Crippen LogP contribution in [0.2, 0.25) is 0 Å². The maximum absolute atomic E-state index is 11.2. The molecule has 0 saturated carbocycles. The van der Waals surface area contributed by atoms with E-state index in [4.69, 9.17) is 5.84 Å². The van der Waals surface area contributed by atoms with Crippen LogP contribution in [0.25, 0.3) is 10.8 Å². The first-order valence-corrected chi connectivity index (χ1v) is 7.43. The van der Waals surface area contributed by atoms with Crippen molar-refractivity contribution in [2.24, 2.45) is 5.84 Å². The minimum Gasteiger partial charge on any atom is -0.301 e. The molecule has 2 aromatic rings. The summed E-state index contributed by atoms with van der Waals surface area (Å²) in [6.07, 6.45) is 0. The fourth-order valence-electron chi connectivity index (χ4n) is 2.51. The van der Waals surface area contributed by atoms with Gasteiger partial charge in [-0.1, -0.05) is 42.5 Å². The first-order valence-electron chi connectivity index (χ1n) is 7.43. The van der Waals surface area contributed by atoms with Crippen LogP contribution in [0, 0.1) is 0 Å². The Morgan fingerprint density at radius 2 is 1.73 bits per heavy atom. The van der Waals surface area contributed by atoms with Crippen molar-refractivity contribution < 1.29 is 4.79 Å². The van der Waals surface area contributed by atoms with Crippen molar-refractivity contribution in [1.29, 1.82) is 0 Å². The van der Waals surface area contributed by atoms with Crippen LogP contribution in [0.15, 0.2) is 42.5 Å². The molecule has 0 fully saturated rings. The van der Waals surface area contributed by atoms with Gasteiger partial charge in [0.1, 0.15) is 0 Å². The Morgan fingerprint density at radius 1 is 1.05 bits per heavy atom. The molecule has 118 valence electrons. The van der Waals surface area contributed by atoms with Gasteiger partial charge in [0, 0.05) is 19.6 Å².